The molecule has 21 heteroatoms. The van der Waals surface area contributed by atoms with Crippen molar-refractivity contribution in [2.75, 3.05) is 55.5 Å². The first-order valence-corrected chi connectivity index (χ1v) is 14.0. The van der Waals surface area contributed by atoms with Gasteiger partial charge < -0.3 is 58.4 Å². The Kier molecular flexibility index (Phi) is 24.5. The number of ether oxygens (including phenoxy) is 8. The average molecular weight is 711 g/mol. The molecule has 0 saturated heterocycles. The van der Waals surface area contributed by atoms with E-state index in [-0.39, 0.29) is 32.2 Å². The molecule has 21 nitrogen and oxygen atoms in total. The molecule has 0 aromatic carbocycles. The number of hydrogen-bond acceptors (Lipinski definition) is 19. The van der Waals surface area contributed by atoms with Crippen molar-refractivity contribution in [3.63, 3.8) is 0 Å². The monoisotopic (exact) mass is 710 g/mol. The minimum Gasteiger partial charge on any atom is -0.438 e. The van der Waals surface area contributed by atoms with Crippen molar-refractivity contribution in [2.45, 2.75) is 58.0 Å². The number of carbonyl (C=O) groups is 10. The van der Waals surface area contributed by atoms with Crippen LogP contribution < -0.4 is 10.6 Å². The highest BCUT2D eigenvalue weighted by Gasteiger charge is 2.41. The van der Waals surface area contributed by atoms with Gasteiger partial charge in [-0.25, -0.2) is 4.79 Å². The highest BCUT2D eigenvalue weighted by molar-refractivity contribution is 5.93. The maximum absolute atomic E-state index is 11.9. The molecular weight excluding hydrogens is 668 g/mol. The molecule has 0 radical (unpaired) electrons. The molecule has 0 aromatic heterocycles. The molecule has 0 saturated carbocycles. The van der Waals surface area contributed by atoms with Crippen molar-refractivity contribution in [3.05, 3.63) is 0 Å². The molecule has 0 fully saturated rings. The Morgan fingerprint density at radius 2 is 1.00 bits per heavy atom. The molecule has 0 spiro atoms. The zero-order valence-corrected chi connectivity index (χ0v) is 27.9. The van der Waals surface area contributed by atoms with Crippen LogP contribution in [0.15, 0.2) is 0 Å². The smallest absolute Gasteiger partial charge is 0.342 e. The van der Waals surface area contributed by atoms with Crippen molar-refractivity contribution in [1.29, 1.82) is 0 Å². The van der Waals surface area contributed by atoms with E-state index in [2.05, 4.69) is 43.8 Å². The van der Waals surface area contributed by atoms with Gasteiger partial charge in [-0.2, -0.15) is 0 Å². The average Bonchev–Trinajstić information content (AvgIpc) is 3.01. The normalized spacial score (nSPS) is 11.8. The highest BCUT2D eigenvalue weighted by Crippen LogP contribution is 2.18. The third-order valence-corrected chi connectivity index (χ3v) is 5.31. The molecule has 49 heavy (non-hydrogen) atoms. The quantitative estimate of drug-likeness (QED) is 0.0461. The lowest BCUT2D eigenvalue weighted by molar-refractivity contribution is -0.185. The zero-order valence-electron chi connectivity index (χ0n) is 27.9. The third-order valence-electron chi connectivity index (χ3n) is 5.31. The van der Waals surface area contributed by atoms with Gasteiger partial charge in [0, 0.05) is 47.6 Å². The van der Waals surface area contributed by atoms with Crippen LogP contribution in [-0.4, -0.2) is 125 Å². The van der Waals surface area contributed by atoms with Gasteiger partial charge in [-0.15, -0.1) is 0 Å². The predicted molar refractivity (Wildman–Crippen MR) is 156 cm³/mol. The van der Waals surface area contributed by atoms with Crippen molar-refractivity contribution in [3.8, 4) is 0 Å². The molecule has 2 unspecified atom stereocenters. The van der Waals surface area contributed by atoms with E-state index in [9.17, 15) is 53.1 Å². The largest absolute Gasteiger partial charge is 0.438 e. The lowest BCUT2D eigenvalue weighted by Crippen LogP contribution is -2.45. The fourth-order valence-corrected chi connectivity index (χ4v) is 3.13. The molecule has 0 rings (SSSR count). The predicted octanol–water partition coefficient (Wildman–Crippen LogP) is -2.29. The van der Waals surface area contributed by atoms with Crippen molar-refractivity contribution in [1.82, 2.24) is 10.6 Å². The van der Waals surface area contributed by atoms with Gasteiger partial charge in [-0.1, -0.05) is 0 Å². The van der Waals surface area contributed by atoms with Crippen LogP contribution in [0.4, 0.5) is 0 Å². The summed E-state index contributed by atoms with van der Waals surface area (Å²) in [5, 5.41) is 14.7. The van der Waals surface area contributed by atoms with E-state index in [1.807, 2.05) is 0 Å². The minimum atomic E-state index is -2.39. The van der Waals surface area contributed by atoms with Gasteiger partial charge in [-0.05, 0) is 13.8 Å². The molecule has 0 aliphatic rings. The molecule has 2 amide bonds. The standard InChI is InChI=1S/C14H21NO10.C14H21NO9/c1-9(16)5-14(21,6-10(17)15-2)13(20)25-8-24-12(19)4-11(18)23-7-22-3;1-9(16)4-10(5-11(17)15-2)14(20)24-8-23-13(19)6-12(18)22-7-21-3/h21H,4-8H2,1-3H3,(H,15,17);10H,4-8H2,1-3H3,(H,15,17). The van der Waals surface area contributed by atoms with E-state index in [1.54, 1.807) is 0 Å². The third kappa shape index (κ3) is 23.9. The zero-order chi connectivity index (χ0) is 38.0. The number of Topliss-reactive ketones (excluding diaryl/α,β-unsaturated/α-hetero) is 2. The van der Waals surface area contributed by atoms with Gasteiger partial charge in [0.1, 0.15) is 24.4 Å². The van der Waals surface area contributed by atoms with E-state index in [1.165, 1.54) is 35.2 Å². The fraction of sp³-hybridized carbons (Fsp3) is 0.643. The van der Waals surface area contributed by atoms with Gasteiger partial charge in [0.2, 0.25) is 25.4 Å². The summed E-state index contributed by atoms with van der Waals surface area (Å²) in [4.78, 5) is 114. The number of carbonyl (C=O) groups excluding carboxylic acids is 10. The molecule has 0 heterocycles. The second-order valence-electron chi connectivity index (χ2n) is 9.60. The van der Waals surface area contributed by atoms with Crippen LogP contribution in [-0.2, 0) is 85.8 Å². The second kappa shape index (κ2) is 26.0. The number of ketones is 2. The number of nitrogens with one attached hydrogen (secondary N) is 2. The molecular formula is C28H42N2O19. The topological polar surface area (TPSA) is 289 Å². The Morgan fingerprint density at radius 1 is 0.571 bits per heavy atom. The number of aliphatic hydroxyl groups is 1. The fourth-order valence-electron chi connectivity index (χ4n) is 3.13. The van der Waals surface area contributed by atoms with Crippen molar-refractivity contribution >= 4 is 59.2 Å². The number of methoxy groups -OCH3 is 2. The van der Waals surface area contributed by atoms with Crippen LogP contribution in [0.25, 0.3) is 0 Å². The summed E-state index contributed by atoms with van der Waals surface area (Å²) < 4.78 is 36.1. The number of amides is 2. The number of hydrogen-bond donors (Lipinski definition) is 3. The molecule has 0 aromatic rings. The Labute approximate surface area is 280 Å². The Bertz CT molecular complexity index is 1170. The maximum atomic E-state index is 11.9. The van der Waals surface area contributed by atoms with Crippen LogP contribution in [0.2, 0.25) is 0 Å². The van der Waals surface area contributed by atoms with Crippen LogP contribution in [0, 0.1) is 5.92 Å². The van der Waals surface area contributed by atoms with Crippen LogP contribution in [0.3, 0.4) is 0 Å². The number of esters is 6. The van der Waals surface area contributed by atoms with Crippen molar-refractivity contribution < 1.29 is 90.9 Å². The van der Waals surface area contributed by atoms with E-state index in [0.29, 0.717) is 0 Å². The molecule has 0 aliphatic carbocycles. The van der Waals surface area contributed by atoms with E-state index >= 15 is 0 Å². The Hall–Kier alpha value is -5.02. The second-order valence-corrected chi connectivity index (χ2v) is 9.60. The summed E-state index contributed by atoms with van der Waals surface area (Å²) in [6.45, 7) is 0.107. The van der Waals surface area contributed by atoms with Gasteiger partial charge >= 0.3 is 35.8 Å². The SMILES string of the molecule is CNC(=O)CC(CC(C)=O)C(=O)OCOC(=O)CC(=O)OCOC.CNC(=O)CC(O)(CC(C)=O)C(=O)OCOC(=O)CC(=O)OCOC. The van der Waals surface area contributed by atoms with Crippen LogP contribution in [0.1, 0.15) is 52.4 Å². The lowest BCUT2D eigenvalue weighted by atomic mass is 9.93. The Balaban J connectivity index is 0. The molecule has 2 atom stereocenters. The van der Waals surface area contributed by atoms with E-state index in [4.69, 9.17) is 4.74 Å². The summed E-state index contributed by atoms with van der Waals surface area (Å²) in [5.74, 6) is -8.91. The first-order valence-electron chi connectivity index (χ1n) is 14.0. The summed E-state index contributed by atoms with van der Waals surface area (Å²) in [5.41, 5.74) is -2.39. The van der Waals surface area contributed by atoms with Gasteiger partial charge in [-0.3, -0.25) is 38.4 Å². The van der Waals surface area contributed by atoms with Gasteiger partial charge in [0.25, 0.3) is 0 Å². The first kappa shape index (κ1) is 46.1. The molecule has 278 valence electrons. The Morgan fingerprint density at radius 3 is 1.39 bits per heavy atom. The number of rotatable bonds is 22. The van der Waals surface area contributed by atoms with E-state index in [0.717, 1.165) is 6.92 Å². The van der Waals surface area contributed by atoms with Crippen LogP contribution in [0.5, 0.6) is 0 Å². The van der Waals surface area contributed by atoms with Crippen LogP contribution >= 0.6 is 0 Å². The molecule has 3 N–H and O–H groups in total. The minimum absolute atomic E-state index is 0.177. The first-order chi connectivity index (χ1) is 22.9. The van der Waals surface area contributed by atoms with Gasteiger partial charge in [0.15, 0.2) is 19.2 Å². The lowest BCUT2D eigenvalue weighted by Gasteiger charge is -2.23. The summed E-state index contributed by atoms with van der Waals surface area (Å²) >= 11 is 0. The highest BCUT2D eigenvalue weighted by atomic mass is 16.7. The molecule has 0 aliphatic heterocycles. The summed E-state index contributed by atoms with van der Waals surface area (Å²) in [7, 11) is 5.27. The van der Waals surface area contributed by atoms with E-state index < -0.39 is 104 Å². The van der Waals surface area contributed by atoms with Gasteiger partial charge in [0.05, 0.1) is 12.3 Å². The van der Waals surface area contributed by atoms with Crippen molar-refractivity contribution in [2.24, 2.45) is 5.92 Å². The summed E-state index contributed by atoms with van der Waals surface area (Å²) in [6, 6.07) is 0. The summed E-state index contributed by atoms with van der Waals surface area (Å²) in [6.07, 6.45) is -3.18. The maximum Gasteiger partial charge on any atom is 0.342 e. The molecule has 0 bridgehead atoms.